The standard InChI is InChI=1S/C11H11BrN2O/c1-13-11-14-10(7-15-11)6-8-2-4-9(12)5-3-8/h2-5,7H,6H2,1H3,(H,13,14). The smallest absolute Gasteiger partial charge is 0.294 e. The lowest BCUT2D eigenvalue weighted by Crippen LogP contribution is -1.90. The van der Waals surface area contributed by atoms with Gasteiger partial charge in [-0.2, -0.15) is 4.98 Å². The molecule has 2 rings (SSSR count). The van der Waals surface area contributed by atoms with Gasteiger partial charge in [-0.25, -0.2) is 0 Å². The van der Waals surface area contributed by atoms with E-state index >= 15 is 0 Å². The molecular formula is C11H11BrN2O. The summed E-state index contributed by atoms with van der Waals surface area (Å²) in [7, 11) is 1.79. The quantitative estimate of drug-likeness (QED) is 0.928. The Labute approximate surface area is 96.6 Å². The Morgan fingerprint density at radius 3 is 2.67 bits per heavy atom. The van der Waals surface area contributed by atoms with Crippen molar-refractivity contribution < 1.29 is 4.42 Å². The maximum atomic E-state index is 5.18. The highest BCUT2D eigenvalue weighted by Crippen LogP contribution is 2.15. The van der Waals surface area contributed by atoms with Crippen LogP contribution in [0.2, 0.25) is 0 Å². The molecule has 4 heteroatoms. The molecule has 1 N–H and O–H groups in total. The van der Waals surface area contributed by atoms with Gasteiger partial charge in [0.1, 0.15) is 6.26 Å². The van der Waals surface area contributed by atoms with Gasteiger partial charge in [0.15, 0.2) is 0 Å². The first-order valence-electron chi connectivity index (χ1n) is 4.64. The first kappa shape index (κ1) is 10.2. The molecule has 1 aromatic carbocycles. The van der Waals surface area contributed by atoms with E-state index in [4.69, 9.17) is 4.42 Å². The summed E-state index contributed by atoms with van der Waals surface area (Å²) in [6.07, 6.45) is 2.46. The number of rotatable bonds is 3. The maximum Gasteiger partial charge on any atom is 0.294 e. The molecule has 0 radical (unpaired) electrons. The molecule has 0 fully saturated rings. The van der Waals surface area contributed by atoms with Gasteiger partial charge in [-0.3, -0.25) is 0 Å². The van der Waals surface area contributed by atoms with Gasteiger partial charge >= 0.3 is 0 Å². The summed E-state index contributed by atoms with van der Waals surface area (Å²) < 4.78 is 6.26. The first-order chi connectivity index (χ1) is 7.28. The number of hydrogen-bond acceptors (Lipinski definition) is 3. The van der Waals surface area contributed by atoms with E-state index in [1.165, 1.54) is 5.56 Å². The van der Waals surface area contributed by atoms with Crippen molar-refractivity contribution in [2.45, 2.75) is 6.42 Å². The predicted molar refractivity (Wildman–Crippen MR) is 63.0 cm³/mol. The highest BCUT2D eigenvalue weighted by Gasteiger charge is 2.02. The van der Waals surface area contributed by atoms with Crippen LogP contribution in [0.4, 0.5) is 6.01 Å². The van der Waals surface area contributed by atoms with E-state index in [-0.39, 0.29) is 0 Å². The van der Waals surface area contributed by atoms with Crippen molar-refractivity contribution in [3.63, 3.8) is 0 Å². The second-order valence-corrected chi connectivity index (χ2v) is 4.11. The van der Waals surface area contributed by atoms with Crippen LogP contribution in [0.5, 0.6) is 0 Å². The van der Waals surface area contributed by atoms with Crippen LogP contribution >= 0.6 is 15.9 Å². The minimum absolute atomic E-state index is 0.558. The average molecular weight is 267 g/mol. The number of anilines is 1. The van der Waals surface area contributed by atoms with Crippen molar-refractivity contribution in [3.05, 3.63) is 46.3 Å². The molecule has 0 bridgehead atoms. The lowest BCUT2D eigenvalue weighted by molar-refractivity contribution is 0.574. The molecule has 0 saturated heterocycles. The molecule has 0 amide bonds. The van der Waals surface area contributed by atoms with E-state index in [2.05, 4.69) is 38.4 Å². The number of oxazole rings is 1. The SMILES string of the molecule is CNc1nc(Cc2ccc(Br)cc2)co1. The highest BCUT2D eigenvalue weighted by molar-refractivity contribution is 9.10. The van der Waals surface area contributed by atoms with Crippen LogP contribution in [0.1, 0.15) is 11.3 Å². The van der Waals surface area contributed by atoms with Crippen molar-refractivity contribution in [2.24, 2.45) is 0 Å². The molecule has 0 spiro atoms. The third kappa shape index (κ3) is 2.59. The molecule has 2 aromatic rings. The van der Waals surface area contributed by atoms with Crippen molar-refractivity contribution in [2.75, 3.05) is 12.4 Å². The van der Waals surface area contributed by atoms with E-state index < -0.39 is 0 Å². The largest absolute Gasteiger partial charge is 0.432 e. The minimum atomic E-state index is 0.558. The third-order valence-electron chi connectivity index (χ3n) is 2.06. The zero-order chi connectivity index (χ0) is 10.7. The minimum Gasteiger partial charge on any atom is -0.432 e. The molecule has 1 aromatic heterocycles. The summed E-state index contributed by atoms with van der Waals surface area (Å²) >= 11 is 3.40. The summed E-state index contributed by atoms with van der Waals surface area (Å²) in [4.78, 5) is 4.26. The molecule has 1 heterocycles. The summed E-state index contributed by atoms with van der Waals surface area (Å²) in [5.74, 6) is 0. The average Bonchev–Trinajstić information content (AvgIpc) is 2.69. The third-order valence-corrected chi connectivity index (χ3v) is 2.59. The Morgan fingerprint density at radius 1 is 1.33 bits per heavy atom. The zero-order valence-electron chi connectivity index (χ0n) is 8.33. The van der Waals surface area contributed by atoms with Gasteiger partial charge in [0.25, 0.3) is 6.01 Å². The fourth-order valence-corrected chi connectivity index (χ4v) is 1.58. The maximum absolute atomic E-state index is 5.18. The Bertz CT molecular complexity index is 436. The van der Waals surface area contributed by atoms with E-state index in [0.717, 1.165) is 16.6 Å². The fourth-order valence-electron chi connectivity index (χ4n) is 1.31. The number of nitrogens with zero attached hydrogens (tertiary/aromatic N) is 1. The first-order valence-corrected chi connectivity index (χ1v) is 5.44. The van der Waals surface area contributed by atoms with Crippen LogP contribution in [0, 0.1) is 0 Å². The Kier molecular flexibility index (Phi) is 3.06. The van der Waals surface area contributed by atoms with Crippen molar-refractivity contribution in [1.82, 2.24) is 4.98 Å². The molecule has 0 unspecified atom stereocenters. The summed E-state index contributed by atoms with van der Waals surface area (Å²) in [5, 5.41) is 2.86. The number of benzene rings is 1. The Hall–Kier alpha value is -1.29. The van der Waals surface area contributed by atoms with E-state index in [1.54, 1.807) is 13.3 Å². The lowest BCUT2D eigenvalue weighted by atomic mass is 10.1. The second kappa shape index (κ2) is 4.49. The highest BCUT2D eigenvalue weighted by atomic mass is 79.9. The molecule has 0 aliphatic carbocycles. The van der Waals surface area contributed by atoms with Gasteiger partial charge in [0.05, 0.1) is 5.69 Å². The number of aromatic nitrogens is 1. The predicted octanol–water partition coefficient (Wildman–Crippen LogP) is 3.07. The van der Waals surface area contributed by atoms with E-state index in [0.29, 0.717) is 6.01 Å². The van der Waals surface area contributed by atoms with Crippen molar-refractivity contribution >= 4 is 21.9 Å². The van der Waals surface area contributed by atoms with Crippen LogP contribution in [0.3, 0.4) is 0 Å². The van der Waals surface area contributed by atoms with Gasteiger partial charge in [-0.15, -0.1) is 0 Å². The second-order valence-electron chi connectivity index (χ2n) is 3.20. The number of halogens is 1. The fraction of sp³-hybridized carbons (Fsp3) is 0.182. The van der Waals surface area contributed by atoms with Crippen LogP contribution < -0.4 is 5.32 Å². The van der Waals surface area contributed by atoms with Gasteiger partial charge in [-0.05, 0) is 17.7 Å². The van der Waals surface area contributed by atoms with Crippen molar-refractivity contribution in [1.29, 1.82) is 0 Å². The number of nitrogens with one attached hydrogen (secondary N) is 1. The molecule has 3 nitrogen and oxygen atoms in total. The van der Waals surface area contributed by atoms with Crippen LogP contribution in [-0.2, 0) is 6.42 Å². The molecule has 0 aliphatic rings. The summed E-state index contributed by atoms with van der Waals surface area (Å²) in [6, 6.07) is 8.74. The van der Waals surface area contributed by atoms with Crippen LogP contribution in [-0.4, -0.2) is 12.0 Å². The summed E-state index contributed by atoms with van der Waals surface area (Å²) in [6.45, 7) is 0. The van der Waals surface area contributed by atoms with Gasteiger partial charge < -0.3 is 9.73 Å². The van der Waals surface area contributed by atoms with Gasteiger partial charge in [0.2, 0.25) is 0 Å². The normalized spacial score (nSPS) is 10.3. The Morgan fingerprint density at radius 2 is 2.07 bits per heavy atom. The zero-order valence-corrected chi connectivity index (χ0v) is 9.91. The molecule has 15 heavy (non-hydrogen) atoms. The van der Waals surface area contributed by atoms with E-state index in [1.807, 2.05) is 12.1 Å². The summed E-state index contributed by atoms with van der Waals surface area (Å²) in [5.41, 5.74) is 2.15. The molecule has 0 atom stereocenters. The number of hydrogen-bond donors (Lipinski definition) is 1. The van der Waals surface area contributed by atoms with Gasteiger partial charge in [-0.1, -0.05) is 28.1 Å². The van der Waals surface area contributed by atoms with Crippen LogP contribution in [0.25, 0.3) is 0 Å². The molecule has 0 aliphatic heterocycles. The topological polar surface area (TPSA) is 38.1 Å². The monoisotopic (exact) mass is 266 g/mol. The molecule has 0 saturated carbocycles. The van der Waals surface area contributed by atoms with Crippen molar-refractivity contribution in [3.8, 4) is 0 Å². The Balaban J connectivity index is 2.11. The van der Waals surface area contributed by atoms with E-state index in [9.17, 15) is 0 Å². The molecular weight excluding hydrogens is 256 g/mol. The van der Waals surface area contributed by atoms with Gasteiger partial charge in [0, 0.05) is 17.9 Å². The molecule has 78 valence electrons. The lowest BCUT2D eigenvalue weighted by Gasteiger charge is -1.97. The van der Waals surface area contributed by atoms with Crippen LogP contribution in [0.15, 0.2) is 39.4 Å².